The number of carbonyl (C=O) groups excluding carboxylic acids is 3. The number of rotatable bonds is 13. The summed E-state index contributed by atoms with van der Waals surface area (Å²) in [7, 11) is 0. The molecule has 210 valence electrons. The second-order valence-corrected chi connectivity index (χ2v) is 9.91. The van der Waals surface area contributed by atoms with E-state index < -0.39 is 18.1 Å². The molecular formula is C30H42N6O3. The van der Waals surface area contributed by atoms with Crippen molar-refractivity contribution in [2.75, 3.05) is 31.1 Å². The molecule has 0 bridgehead atoms. The average molecular weight is 535 g/mol. The van der Waals surface area contributed by atoms with E-state index in [9.17, 15) is 14.4 Å². The van der Waals surface area contributed by atoms with Crippen LogP contribution in [0.3, 0.4) is 0 Å². The number of likely N-dealkylation sites (N-methyl/N-ethyl adjacent to an activating group) is 1. The van der Waals surface area contributed by atoms with Crippen LogP contribution in [0.5, 0.6) is 0 Å². The van der Waals surface area contributed by atoms with Gasteiger partial charge in [0.2, 0.25) is 18.0 Å². The van der Waals surface area contributed by atoms with Gasteiger partial charge in [-0.2, -0.15) is 0 Å². The highest BCUT2D eigenvalue weighted by molar-refractivity contribution is 6.19. The number of amides is 3. The Morgan fingerprint density at radius 3 is 2.41 bits per heavy atom. The summed E-state index contributed by atoms with van der Waals surface area (Å²) < 4.78 is 0. The van der Waals surface area contributed by atoms with Crippen LogP contribution in [0.4, 0.5) is 5.69 Å². The predicted octanol–water partition coefficient (Wildman–Crippen LogP) is 3.38. The van der Waals surface area contributed by atoms with Gasteiger partial charge in [-0.15, -0.1) is 0 Å². The lowest BCUT2D eigenvalue weighted by Crippen LogP contribution is -2.54. The summed E-state index contributed by atoms with van der Waals surface area (Å²) in [5.74, 6) is -1.17. The van der Waals surface area contributed by atoms with E-state index in [1.165, 1.54) is 0 Å². The summed E-state index contributed by atoms with van der Waals surface area (Å²) in [5.41, 5.74) is 2.63. The molecule has 0 spiro atoms. The third-order valence-electron chi connectivity index (χ3n) is 7.12. The van der Waals surface area contributed by atoms with Gasteiger partial charge in [0.1, 0.15) is 6.04 Å². The molecule has 2 N–H and O–H groups in total. The standard InChI is InChI=1S/C30H42N6O3/c1-6-9-14-21(4)28(37)32-22(5)29(38)34-27-30(39)36(20-19-35(7-2)8-3)25-17-11-10-15-23(25)26(33-27)24-16-12-13-18-31-24/h10-13,15-18,21-22,27H,6-9,14,19-20H2,1-5H3,(H,32,37)(H,34,38)/t21-,22-,27?/m0/s1. The number of nitrogens with one attached hydrogen (secondary N) is 2. The Morgan fingerprint density at radius 2 is 1.74 bits per heavy atom. The fourth-order valence-corrected chi connectivity index (χ4v) is 4.56. The maximum Gasteiger partial charge on any atom is 0.272 e. The Bertz CT molecular complexity index is 1150. The highest BCUT2D eigenvalue weighted by Crippen LogP contribution is 2.27. The van der Waals surface area contributed by atoms with Crippen LogP contribution in [0.1, 0.15) is 65.1 Å². The number of aliphatic imine (C=N–C) groups is 1. The molecule has 0 saturated heterocycles. The van der Waals surface area contributed by atoms with Crippen molar-refractivity contribution in [3.8, 4) is 0 Å². The summed E-state index contributed by atoms with van der Waals surface area (Å²) in [6.07, 6.45) is 3.21. The molecule has 9 nitrogen and oxygen atoms in total. The van der Waals surface area contributed by atoms with Crippen LogP contribution in [0.25, 0.3) is 0 Å². The number of hydrogen-bond donors (Lipinski definition) is 2. The molecule has 39 heavy (non-hydrogen) atoms. The van der Waals surface area contributed by atoms with Gasteiger partial charge in [-0.05, 0) is 44.6 Å². The van der Waals surface area contributed by atoms with E-state index >= 15 is 0 Å². The fraction of sp³-hybridized carbons (Fsp3) is 0.500. The first kappa shape index (κ1) is 30.0. The zero-order valence-electron chi connectivity index (χ0n) is 23.8. The van der Waals surface area contributed by atoms with Crippen molar-refractivity contribution in [3.05, 3.63) is 59.9 Å². The van der Waals surface area contributed by atoms with E-state index in [4.69, 9.17) is 4.99 Å². The molecule has 9 heteroatoms. The number of nitrogens with zero attached hydrogens (tertiary/aromatic N) is 4. The van der Waals surface area contributed by atoms with Crippen molar-refractivity contribution in [2.24, 2.45) is 10.9 Å². The first-order valence-corrected chi connectivity index (χ1v) is 14.0. The number of para-hydroxylation sites is 1. The topological polar surface area (TPSA) is 107 Å². The lowest BCUT2D eigenvalue weighted by Gasteiger charge is -2.28. The van der Waals surface area contributed by atoms with Gasteiger partial charge < -0.3 is 20.4 Å². The van der Waals surface area contributed by atoms with E-state index in [1.807, 2.05) is 49.4 Å². The van der Waals surface area contributed by atoms with Gasteiger partial charge in [-0.25, -0.2) is 4.99 Å². The van der Waals surface area contributed by atoms with E-state index in [-0.39, 0.29) is 17.7 Å². The van der Waals surface area contributed by atoms with E-state index in [2.05, 4.69) is 41.3 Å². The van der Waals surface area contributed by atoms with Gasteiger partial charge in [0.15, 0.2) is 0 Å². The molecule has 1 unspecified atom stereocenters. The van der Waals surface area contributed by atoms with Gasteiger partial charge >= 0.3 is 0 Å². The van der Waals surface area contributed by atoms with E-state index in [1.54, 1.807) is 18.0 Å². The molecule has 1 aromatic heterocycles. The summed E-state index contributed by atoms with van der Waals surface area (Å²) in [6.45, 7) is 12.6. The maximum absolute atomic E-state index is 14.0. The quantitative estimate of drug-likeness (QED) is 0.410. The first-order chi connectivity index (χ1) is 18.8. The third-order valence-corrected chi connectivity index (χ3v) is 7.12. The largest absolute Gasteiger partial charge is 0.344 e. The number of pyridine rings is 1. The van der Waals surface area contributed by atoms with Crippen molar-refractivity contribution in [1.82, 2.24) is 20.5 Å². The second kappa shape index (κ2) is 14.5. The van der Waals surface area contributed by atoms with Gasteiger partial charge in [0.05, 0.1) is 17.1 Å². The van der Waals surface area contributed by atoms with Crippen molar-refractivity contribution < 1.29 is 14.4 Å². The normalized spacial score (nSPS) is 16.7. The molecule has 1 aliphatic heterocycles. The number of fused-ring (bicyclic) bond motifs is 1. The Kier molecular flexibility index (Phi) is 11.2. The van der Waals surface area contributed by atoms with Crippen LogP contribution in [0.15, 0.2) is 53.7 Å². The second-order valence-electron chi connectivity index (χ2n) is 9.91. The number of anilines is 1. The molecule has 2 aromatic rings. The monoisotopic (exact) mass is 534 g/mol. The summed E-state index contributed by atoms with van der Waals surface area (Å²) >= 11 is 0. The van der Waals surface area contributed by atoms with Crippen molar-refractivity contribution in [1.29, 1.82) is 0 Å². The zero-order valence-corrected chi connectivity index (χ0v) is 23.8. The molecule has 2 heterocycles. The number of carbonyl (C=O) groups is 3. The zero-order chi connectivity index (χ0) is 28.4. The van der Waals surface area contributed by atoms with Crippen molar-refractivity contribution in [3.63, 3.8) is 0 Å². The van der Waals surface area contributed by atoms with Gasteiger partial charge in [-0.3, -0.25) is 19.4 Å². The molecule has 1 aromatic carbocycles. The molecule has 3 amide bonds. The summed E-state index contributed by atoms with van der Waals surface area (Å²) in [6, 6.07) is 12.3. The van der Waals surface area contributed by atoms with Crippen LogP contribution in [-0.4, -0.2) is 71.7 Å². The molecule has 0 aliphatic carbocycles. The Hall–Kier alpha value is -3.59. The molecular weight excluding hydrogens is 492 g/mol. The number of benzodiazepines with no additional fused rings is 1. The van der Waals surface area contributed by atoms with Crippen molar-refractivity contribution in [2.45, 2.75) is 66.1 Å². The third kappa shape index (κ3) is 7.72. The number of hydrogen-bond acceptors (Lipinski definition) is 6. The summed E-state index contributed by atoms with van der Waals surface area (Å²) in [5, 5.41) is 5.59. The molecule has 3 rings (SSSR count). The molecule has 0 radical (unpaired) electrons. The predicted molar refractivity (Wildman–Crippen MR) is 155 cm³/mol. The molecule has 1 aliphatic rings. The summed E-state index contributed by atoms with van der Waals surface area (Å²) in [4.78, 5) is 53.0. The average Bonchev–Trinajstić information content (AvgIpc) is 3.07. The fourth-order valence-electron chi connectivity index (χ4n) is 4.56. The molecule has 3 atom stereocenters. The smallest absolute Gasteiger partial charge is 0.272 e. The highest BCUT2D eigenvalue weighted by atomic mass is 16.2. The maximum atomic E-state index is 14.0. The minimum Gasteiger partial charge on any atom is -0.344 e. The van der Waals surface area contributed by atoms with Crippen LogP contribution >= 0.6 is 0 Å². The number of unbranched alkanes of at least 4 members (excludes halogenated alkanes) is 1. The van der Waals surface area contributed by atoms with Gasteiger partial charge in [-0.1, -0.05) is 64.8 Å². The minimum absolute atomic E-state index is 0.177. The number of aromatic nitrogens is 1. The Labute approximate surface area is 232 Å². The van der Waals surface area contributed by atoms with Crippen LogP contribution in [0, 0.1) is 5.92 Å². The van der Waals surface area contributed by atoms with Crippen LogP contribution in [-0.2, 0) is 14.4 Å². The molecule has 0 fully saturated rings. The van der Waals surface area contributed by atoms with Crippen LogP contribution in [0.2, 0.25) is 0 Å². The van der Waals surface area contributed by atoms with Crippen molar-refractivity contribution >= 4 is 29.1 Å². The highest BCUT2D eigenvalue weighted by Gasteiger charge is 2.34. The Balaban J connectivity index is 1.92. The lowest BCUT2D eigenvalue weighted by molar-refractivity contribution is -0.132. The van der Waals surface area contributed by atoms with E-state index in [0.717, 1.165) is 43.6 Å². The van der Waals surface area contributed by atoms with Gasteiger partial charge in [0, 0.05) is 30.8 Å². The molecule has 0 saturated carbocycles. The minimum atomic E-state index is -1.17. The van der Waals surface area contributed by atoms with Gasteiger partial charge in [0.25, 0.3) is 5.91 Å². The SMILES string of the molecule is CCCC[C@H](C)C(=O)N[C@@H](C)C(=O)NC1N=C(c2ccccn2)c2ccccc2N(CCN(CC)CC)C1=O. The first-order valence-electron chi connectivity index (χ1n) is 14.0. The Morgan fingerprint density at radius 1 is 1.03 bits per heavy atom. The van der Waals surface area contributed by atoms with Crippen LogP contribution < -0.4 is 15.5 Å². The lowest BCUT2D eigenvalue weighted by atomic mass is 10.0. The van der Waals surface area contributed by atoms with E-state index in [0.29, 0.717) is 24.5 Å². The number of benzene rings is 1.